The van der Waals surface area contributed by atoms with Crippen molar-refractivity contribution in [1.82, 2.24) is 14.8 Å². The molecule has 0 radical (unpaired) electrons. The Morgan fingerprint density at radius 2 is 1.77 bits per heavy atom. The Labute approximate surface area is 378 Å². The number of hydrogen-bond acceptors (Lipinski definition) is 12. The molecule has 3 N–H and O–H groups in total. The quantitative estimate of drug-likeness (QED) is 0.140. The highest BCUT2D eigenvalue weighted by atomic mass is 19.3. The first kappa shape index (κ1) is 44.3. The van der Waals surface area contributed by atoms with E-state index in [-0.39, 0.29) is 37.3 Å². The molecule has 2 saturated carbocycles. The third-order valence-corrected chi connectivity index (χ3v) is 17.1. The smallest absolute Gasteiger partial charge is 0.344 e. The predicted molar refractivity (Wildman–Crippen MR) is 237 cm³/mol. The zero-order valence-electron chi connectivity index (χ0n) is 38.4. The van der Waals surface area contributed by atoms with Crippen molar-refractivity contribution < 1.29 is 52.3 Å². The lowest BCUT2D eigenvalue weighted by atomic mass is 9.47. The number of ether oxygens (including phenoxy) is 4. The van der Waals surface area contributed by atoms with E-state index < -0.39 is 69.8 Å². The molecule has 0 amide bonds. The van der Waals surface area contributed by atoms with Gasteiger partial charge in [-0.15, -0.1) is 0 Å². The number of likely N-dealkylation sites (N-methyl/N-ethyl adjacent to an activating group) is 1. The van der Waals surface area contributed by atoms with Crippen LogP contribution in [0.25, 0.3) is 10.9 Å². The number of benzene rings is 2. The zero-order valence-corrected chi connectivity index (χ0v) is 38.4. The molecule has 2 bridgehead atoms. The van der Waals surface area contributed by atoms with Gasteiger partial charge in [-0.05, 0) is 105 Å². The summed E-state index contributed by atoms with van der Waals surface area (Å²) in [5.74, 6) is -5.92. The summed E-state index contributed by atoms with van der Waals surface area (Å²) in [6.45, 7) is 6.62. The van der Waals surface area contributed by atoms with Crippen LogP contribution in [0.2, 0.25) is 0 Å². The number of aromatic nitrogens is 1. The lowest BCUT2D eigenvalue weighted by molar-refractivity contribution is -0.228. The van der Waals surface area contributed by atoms with Gasteiger partial charge in [0.05, 0.1) is 33.5 Å². The van der Waals surface area contributed by atoms with E-state index >= 15 is 13.6 Å². The molecule has 2 saturated heterocycles. The first-order valence-electron chi connectivity index (χ1n) is 23.3. The molecule has 11 atom stereocenters. The number of aliphatic hydroxyl groups excluding tert-OH is 1. The number of nitrogens with zero attached hydrogens (tertiary/aromatic N) is 3. The van der Waals surface area contributed by atoms with Crippen LogP contribution >= 0.6 is 0 Å². The number of carbonyl (C=O) groups excluding carboxylic acids is 3. The van der Waals surface area contributed by atoms with Gasteiger partial charge in [-0.25, -0.2) is 13.6 Å². The molecule has 3 aromatic rings. The maximum absolute atomic E-state index is 15.5. The third-order valence-electron chi connectivity index (χ3n) is 17.1. The molecule has 350 valence electrons. The van der Waals surface area contributed by atoms with Gasteiger partial charge < -0.3 is 43.9 Å². The number of rotatable bonds is 9. The number of alkyl halides is 2. The molecule has 13 nitrogen and oxygen atoms in total. The number of hydrogen-bond donors (Lipinski definition) is 3. The van der Waals surface area contributed by atoms with Crippen LogP contribution < -0.4 is 9.64 Å². The number of nitrogens with one attached hydrogen (secondary N) is 1. The van der Waals surface area contributed by atoms with Gasteiger partial charge >= 0.3 is 17.9 Å². The van der Waals surface area contributed by atoms with Crippen molar-refractivity contribution in [2.45, 2.75) is 112 Å². The minimum Gasteiger partial charge on any atom is -0.496 e. The van der Waals surface area contributed by atoms with Crippen LogP contribution in [0.1, 0.15) is 93.3 Å². The van der Waals surface area contributed by atoms with E-state index in [0.29, 0.717) is 68.1 Å². The average molecular weight is 901 g/mol. The number of fused-ring (bicyclic) bond motifs is 6. The van der Waals surface area contributed by atoms with Gasteiger partial charge in [-0.3, -0.25) is 14.5 Å². The number of piperidine rings is 1. The fourth-order valence-corrected chi connectivity index (χ4v) is 14.4. The topological polar surface area (TPSA) is 154 Å². The first-order chi connectivity index (χ1) is 30.9. The van der Waals surface area contributed by atoms with Gasteiger partial charge in [-0.1, -0.05) is 25.1 Å². The number of anilines is 1. The predicted octanol–water partition coefficient (Wildman–Crippen LogP) is 5.56. The highest BCUT2D eigenvalue weighted by Gasteiger charge is 2.80. The van der Waals surface area contributed by atoms with Gasteiger partial charge in [0.1, 0.15) is 11.2 Å². The number of aliphatic hydroxyl groups is 2. The summed E-state index contributed by atoms with van der Waals surface area (Å²) in [6.07, 6.45) is 5.58. The molecule has 2 aliphatic carbocycles. The third kappa shape index (κ3) is 6.09. The van der Waals surface area contributed by atoms with E-state index in [9.17, 15) is 19.8 Å². The molecule has 6 heterocycles. The fourth-order valence-electron chi connectivity index (χ4n) is 14.4. The average Bonchev–Trinajstić information content (AvgIpc) is 3.90. The second kappa shape index (κ2) is 15.2. The SMILES string of the molecule is CC[C@@]12C=CCN3CCC4(c5cc([C@@]6(C(=O)OC)CC7CC(C(C)(F)F)CN(CCc8c6[nH]c6ccc(C(O)C9CC9)cc86)C7)c(OC)cc5N(C)C4[C@](O)(C(=O)OC)[C@H]1OC(C)=O)C32. The summed E-state index contributed by atoms with van der Waals surface area (Å²) in [5, 5.41) is 25.6. The van der Waals surface area contributed by atoms with Gasteiger partial charge in [-0.2, -0.15) is 0 Å². The molecular formula is C50H62F2N4O9. The van der Waals surface area contributed by atoms with Crippen LogP contribution in [-0.2, 0) is 45.8 Å². The summed E-state index contributed by atoms with van der Waals surface area (Å²) >= 11 is 0. The van der Waals surface area contributed by atoms with Crippen LogP contribution in [0.4, 0.5) is 14.5 Å². The van der Waals surface area contributed by atoms with Crippen molar-refractivity contribution >= 4 is 34.5 Å². The van der Waals surface area contributed by atoms with Crippen LogP contribution in [0.3, 0.4) is 0 Å². The summed E-state index contributed by atoms with van der Waals surface area (Å²) in [5.41, 5.74) is -1.16. The highest BCUT2D eigenvalue weighted by molar-refractivity contribution is 5.95. The number of esters is 3. The van der Waals surface area contributed by atoms with Crippen LogP contribution in [0.5, 0.6) is 5.75 Å². The number of aromatic amines is 1. The van der Waals surface area contributed by atoms with Crippen LogP contribution in [0, 0.1) is 23.2 Å². The molecule has 5 aliphatic heterocycles. The van der Waals surface area contributed by atoms with E-state index in [4.69, 9.17) is 18.9 Å². The maximum atomic E-state index is 15.5. The summed E-state index contributed by atoms with van der Waals surface area (Å²) in [7, 11) is 5.93. The standard InChI is InChI=1S/C50H62F2N4O9/c1-8-47-15-9-17-56-19-16-48(41(47)56)34-22-35(38(62-5)23-37(34)54(4)42(48)50(61,45(60)64-7)43(47)65-27(2)57)49(44(59)63-6)24-28-20-31(46(3,51)52)26-55(25-28)18-14-32-33-21-30(39(58)29-10-11-29)12-13-36(33)53-40(32)49/h9,12-13,15,21-23,28-29,31,39,41-43,53,58,61H,8,10-11,14,16-20,24-26H2,1-7H3/t28?,31?,39?,41?,42?,43-,47-,48?,49-,50+/m0/s1. The van der Waals surface area contributed by atoms with Gasteiger partial charge in [0.25, 0.3) is 0 Å². The number of methoxy groups -OCH3 is 3. The molecule has 15 heteroatoms. The Hall–Kier alpha value is -4.57. The summed E-state index contributed by atoms with van der Waals surface area (Å²) in [6, 6.07) is 8.38. The van der Waals surface area contributed by atoms with Crippen molar-refractivity contribution in [3.8, 4) is 5.75 Å². The van der Waals surface area contributed by atoms with Crippen molar-refractivity contribution in [3.05, 3.63) is 70.4 Å². The Morgan fingerprint density at radius 1 is 1.02 bits per heavy atom. The zero-order chi connectivity index (χ0) is 46.2. The van der Waals surface area contributed by atoms with E-state index in [1.807, 2.05) is 61.4 Å². The highest BCUT2D eigenvalue weighted by Crippen LogP contribution is 2.68. The summed E-state index contributed by atoms with van der Waals surface area (Å²) < 4.78 is 55.0. The van der Waals surface area contributed by atoms with E-state index in [2.05, 4.69) is 14.8 Å². The van der Waals surface area contributed by atoms with Crippen molar-refractivity contribution in [3.63, 3.8) is 0 Å². The Balaban J connectivity index is 1.27. The maximum Gasteiger partial charge on any atom is 0.344 e. The molecule has 65 heavy (non-hydrogen) atoms. The number of halogens is 2. The molecule has 2 aromatic carbocycles. The van der Waals surface area contributed by atoms with E-state index in [1.54, 1.807) is 0 Å². The van der Waals surface area contributed by atoms with Crippen molar-refractivity contribution in [2.75, 3.05) is 66.0 Å². The Bertz CT molecular complexity index is 2480. The molecule has 10 rings (SSSR count). The lowest BCUT2D eigenvalue weighted by Gasteiger charge is -2.63. The molecular weight excluding hydrogens is 839 g/mol. The fraction of sp³-hybridized carbons (Fsp3) is 0.620. The number of H-pyrrole nitrogens is 1. The minimum atomic E-state index is -2.96. The summed E-state index contributed by atoms with van der Waals surface area (Å²) in [4.78, 5) is 53.1. The molecule has 1 spiro atoms. The second-order valence-electron chi connectivity index (χ2n) is 20.4. The van der Waals surface area contributed by atoms with Crippen molar-refractivity contribution in [1.29, 1.82) is 0 Å². The first-order valence-corrected chi connectivity index (χ1v) is 23.3. The minimum absolute atomic E-state index is 0.110. The normalized spacial score (nSPS) is 35.5. The largest absolute Gasteiger partial charge is 0.496 e. The molecule has 7 unspecified atom stereocenters. The van der Waals surface area contributed by atoms with E-state index in [1.165, 1.54) is 28.3 Å². The Morgan fingerprint density at radius 3 is 2.43 bits per heavy atom. The Kier molecular flexibility index (Phi) is 10.4. The van der Waals surface area contributed by atoms with Gasteiger partial charge in [0, 0.05) is 96.9 Å². The second-order valence-corrected chi connectivity index (χ2v) is 20.4. The van der Waals surface area contributed by atoms with Crippen LogP contribution in [0.15, 0.2) is 42.5 Å². The molecule has 4 fully saturated rings. The van der Waals surface area contributed by atoms with Gasteiger partial charge in [0.2, 0.25) is 11.5 Å². The lowest BCUT2D eigenvalue weighted by Crippen LogP contribution is -2.81. The van der Waals surface area contributed by atoms with Crippen molar-refractivity contribution in [2.24, 2.45) is 23.2 Å². The van der Waals surface area contributed by atoms with Gasteiger partial charge in [0.15, 0.2) is 6.10 Å². The number of carbonyl (C=O) groups is 3. The molecule has 7 aliphatic rings. The molecule has 1 aromatic heterocycles. The van der Waals surface area contributed by atoms with E-state index in [0.717, 1.165) is 47.4 Å². The van der Waals surface area contributed by atoms with Crippen LogP contribution in [-0.4, -0.2) is 134 Å². The monoisotopic (exact) mass is 900 g/mol.